The summed E-state index contributed by atoms with van der Waals surface area (Å²) in [5.41, 5.74) is 0.608. The van der Waals surface area contributed by atoms with Crippen molar-refractivity contribution in [3.05, 3.63) is 29.8 Å². The van der Waals surface area contributed by atoms with Gasteiger partial charge in [0.1, 0.15) is 11.3 Å². The number of ether oxygens (including phenoxy) is 1. The van der Waals surface area contributed by atoms with Crippen molar-refractivity contribution in [3.63, 3.8) is 0 Å². The Kier molecular flexibility index (Phi) is 4.99. The van der Waals surface area contributed by atoms with Crippen molar-refractivity contribution in [2.24, 2.45) is 0 Å². The second kappa shape index (κ2) is 6.74. The summed E-state index contributed by atoms with van der Waals surface area (Å²) in [6, 6.07) is 10.5. The Hall–Kier alpha value is -1.57. The van der Waals surface area contributed by atoms with Crippen LogP contribution < -0.4 is 10.1 Å². The number of hydrogen-bond acceptors (Lipinski definition) is 4. The van der Waals surface area contributed by atoms with E-state index in [0.717, 1.165) is 43.9 Å². The monoisotopic (exact) mass is 273 g/mol. The van der Waals surface area contributed by atoms with Crippen LogP contribution >= 0.6 is 0 Å². The zero-order chi connectivity index (χ0) is 14.4. The number of nitrogens with one attached hydrogen (secondary N) is 1. The lowest BCUT2D eigenvalue weighted by atomic mass is 9.91. The minimum absolute atomic E-state index is 0.485. The van der Waals surface area contributed by atoms with Crippen LogP contribution in [-0.2, 0) is 6.42 Å². The molecule has 0 radical (unpaired) electrons. The van der Waals surface area contributed by atoms with Gasteiger partial charge in [0.05, 0.1) is 13.2 Å². The summed E-state index contributed by atoms with van der Waals surface area (Å²) in [6.07, 6.45) is 1.77. The van der Waals surface area contributed by atoms with Crippen LogP contribution in [0.2, 0.25) is 0 Å². The van der Waals surface area contributed by atoms with Crippen molar-refractivity contribution in [2.45, 2.75) is 25.3 Å². The molecule has 1 heterocycles. The first-order chi connectivity index (χ1) is 9.69. The average Bonchev–Trinajstić information content (AvgIpc) is 2.77. The fourth-order valence-corrected chi connectivity index (χ4v) is 2.78. The van der Waals surface area contributed by atoms with Crippen LogP contribution in [0.5, 0.6) is 5.75 Å². The summed E-state index contributed by atoms with van der Waals surface area (Å²) in [6.45, 7) is 5.89. The van der Waals surface area contributed by atoms with Crippen LogP contribution in [0.25, 0.3) is 0 Å². The van der Waals surface area contributed by atoms with Crippen LogP contribution in [-0.4, -0.2) is 43.7 Å². The molecule has 1 aromatic rings. The number of nitriles is 1. The quantitative estimate of drug-likeness (QED) is 0.909. The van der Waals surface area contributed by atoms with Gasteiger partial charge in [0.25, 0.3) is 0 Å². The highest BCUT2D eigenvalue weighted by Crippen LogP contribution is 2.26. The fourth-order valence-electron chi connectivity index (χ4n) is 2.78. The fraction of sp³-hybridized carbons (Fsp3) is 0.562. The molecule has 1 fully saturated rings. The van der Waals surface area contributed by atoms with Crippen LogP contribution in [0, 0.1) is 11.3 Å². The maximum absolute atomic E-state index is 9.70. The van der Waals surface area contributed by atoms with Gasteiger partial charge in [0.2, 0.25) is 0 Å². The Bertz CT molecular complexity index is 475. The molecule has 108 valence electrons. The van der Waals surface area contributed by atoms with Crippen LogP contribution in [0.3, 0.4) is 0 Å². The number of para-hydroxylation sites is 1. The largest absolute Gasteiger partial charge is 0.496 e. The van der Waals surface area contributed by atoms with Gasteiger partial charge in [-0.25, -0.2) is 0 Å². The molecule has 0 aromatic heterocycles. The van der Waals surface area contributed by atoms with E-state index in [1.54, 1.807) is 7.11 Å². The van der Waals surface area contributed by atoms with Crippen molar-refractivity contribution in [3.8, 4) is 11.8 Å². The molecule has 4 heteroatoms. The molecule has 0 aliphatic carbocycles. The van der Waals surface area contributed by atoms with E-state index in [-0.39, 0.29) is 0 Å². The molecule has 1 aromatic carbocycles. The zero-order valence-corrected chi connectivity index (χ0v) is 12.4. The topological polar surface area (TPSA) is 48.3 Å². The second-order valence-electron chi connectivity index (χ2n) is 5.46. The van der Waals surface area contributed by atoms with E-state index in [0.29, 0.717) is 6.42 Å². The van der Waals surface area contributed by atoms with E-state index < -0.39 is 5.54 Å². The molecule has 1 atom stereocenters. The molecule has 1 unspecified atom stereocenters. The van der Waals surface area contributed by atoms with Crippen LogP contribution in [0.1, 0.15) is 18.9 Å². The lowest BCUT2D eigenvalue weighted by Gasteiger charge is -2.35. The van der Waals surface area contributed by atoms with E-state index in [4.69, 9.17) is 4.74 Å². The van der Waals surface area contributed by atoms with Gasteiger partial charge in [-0.1, -0.05) is 18.2 Å². The molecular weight excluding hydrogens is 250 g/mol. The van der Waals surface area contributed by atoms with Gasteiger partial charge in [-0.3, -0.25) is 4.90 Å². The lowest BCUT2D eigenvalue weighted by Crippen LogP contribution is -2.48. The van der Waals surface area contributed by atoms with E-state index in [9.17, 15) is 5.26 Å². The van der Waals surface area contributed by atoms with Gasteiger partial charge in [-0.05, 0) is 31.5 Å². The molecular formula is C16H23N3O. The molecule has 1 saturated heterocycles. The number of benzene rings is 1. The third-order valence-electron chi connectivity index (χ3n) is 4.01. The predicted molar refractivity (Wildman–Crippen MR) is 79.8 cm³/mol. The Morgan fingerprint density at radius 1 is 1.35 bits per heavy atom. The standard InChI is InChI=1S/C16H23N3O/c1-16(13-17,19-10-5-8-18-9-11-19)12-14-6-3-4-7-15(14)20-2/h3-4,6-7,18H,5,8-12H2,1-2H3. The maximum Gasteiger partial charge on any atom is 0.122 e. The number of rotatable bonds is 4. The molecule has 2 rings (SSSR count). The number of nitrogens with zero attached hydrogens (tertiary/aromatic N) is 2. The summed E-state index contributed by atoms with van der Waals surface area (Å²) in [5, 5.41) is 13.1. The second-order valence-corrected chi connectivity index (χ2v) is 5.46. The molecule has 0 spiro atoms. The zero-order valence-electron chi connectivity index (χ0n) is 12.4. The van der Waals surface area contributed by atoms with Crippen molar-refractivity contribution < 1.29 is 4.74 Å². The first-order valence-electron chi connectivity index (χ1n) is 7.18. The van der Waals surface area contributed by atoms with E-state index in [1.807, 2.05) is 31.2 Å². The van der Waals surface area contributed by atoms with Gasteiger partial charge in [-0.2, -0.15) is 5.26 Å². The van der Waals surface area contributed by atoms with Gasteiger partial charge in [0.15, 0.2) is 0 Å². The first kappa shape index (κ1) is 14.8. The van der Waals surface area contributed by atoms with Crippen molar-refractivity contribution >= 4 is 0 Å². The summed E-state index contributed by atoms with van der Waals surface area (Å²) in [5.74, 6) is 0.863. The van der Waals surface area contributed by atoms with E-state index in [1.165, 1.54) is 0 Å². The Balaban J connectivity index is 2.20. The number of hydrogen-bond donors (Lipinski definition) is 1. The minimum Gasteiger partial charge on any atom is -0.496 e. The van der Waals surface area contributed by atoms with Crippen molar-refractivity contribution in [1.82, 2.24) is 10.2 Å². The smallest absolute Gasteiger partial charge is 0.122 e. The highest BCUT2D eigenvalue weighted by atomic mass is 16.5. The van der Waals surface area contributed by atoms with Gasteiger partial charge in [-0.15, -0.1) is 0 Å². The van der Waals surface area contributed by atoms with Crippen LogP contribution in [0.4, 0.5) is 0 Å². The molecule has 0 amide bonds. The summed E-state index contributed by atoms with van der Waals surface area (Å²) < 4.78 is 5.41. The van der Waals surface area contributed by atoms with Gasteiger partial charge in [0, 0.05) is 26.1 Å². The van der Waals surface area contributed by atoms with E-state index in [2.05, 4.69) is 16.3 Å². The first-order valence-corrected chi connectivity index (χ1v) is 7.18. The molecule has 0 bridgehead atoms. The van der Waals surface area contributed by atoms with Gasteiger partial charge >= 0.3 is 0 Å². The highest BCUT2D eigenvalue weighted by Gasteiger charge is 2.33. The Labute approximate surface area is 121 Å². The van der Waals surface area contributed by atoms with Gasteiger partial charge < -0.3 is 10.1 Å². The molecule has 1 aliphatic rings. The normalized spacial score (nSPS) is 19.6. The summed E-state index contributed by atoms with van der Waals surface area (Å²) in [7, 11) is 1.68. The van der Waals surface area contributed by atoms with E-state index >= 15 is 0 Å². The lowest BCUT2D eigenvalue weighted by molar-refractivity contribution is 0.161. The maximum atomic E-state index is 9.70. The summed E-state index contributed by atoms with van der Waals surface area (Å²) >= 11 is 0. The molecule has 4 nitrogen and oxygen atoms in total. The van der Waals surface area contributed by atoms with Crippen LogP contribution in [0.15, 0.2) is 24.3 Å². The Morgan fingerprint density at radius 2 is 2.15 bits per heavy atom. The molecule has 20 heavy (non-hydrogen) atoms. The Morgan fingerprint density at radius 3 is 2.90 bits per heavy atom. The SMILES string of the molecule is COc1ccccc1CC(C)(C#N)N1CCCNCC1. The molecule has 1 aliphatic heterocycles. The average molecular weight is 273 g/mol. The third-order valence-corrected chi connectivity index (χ3v) is 4.01. The minimum atomic E-state index is -0.485. The predicted octanol–water partition coefficient (Wildman–Crippen LogP) is 1.82. The van der Waals surface area contributed by atoms with Crippen molar-refractivity contribution in [2.75, 3.05) is 33.3 Å². The summed E-state index contributed by atoms with van der Waals surface area (Å²) in [4.78, 5) is 2.29. The molecule has 0 saturated carbocycles. The molecule has 1 N–H and O–H groups in total. The third kappa shape index (κ3) is 3.30. The number of methoxy groups -OCH3 is 1. The highest BCUT2D eigenvalue weighted by molar-refractivity contribution is 5.36. The van der Waals surface area contributed by atoms with Crippen molar-refractivity contribution in [1.29, 1.82) is 5.26 Å².